The first kappa shape index (κ1) is 19.8. The van der Waals surface area contributed by atoms with E-state index in [9.17, 15) is 19.7 Å². The summed E-state index contributed by atoms with van der Waals surface area (Å²) in [5, 5.41) is 13.5. The Hall–Kier alpha value is -4.00. The van der Waals surface area contributed by atoms with Crippen LogP contribution in [-0.2, 0) is 0 Å². The van der Waals surface area contributed by atoms with Gasteiger partial charge in [-0.2, -0.15) is 0 Å². The molecule has 146 valence electrons. The number of ketones is 1. The Morgan fingerprint density at radius 2 is 1.59 bits per heavy atom. The maximum atomic E-state index is 12.4. The SMILES string of the molecule is CC(Oc1ccc(NC(=O)c2cccc([N+](=O)[O-])c2)cc1)C(=O)c1ccccc1. The summed E-state index contributed by atoms with van der Waals surface area (Å²) in [7, 11) is 0. The number of nitro groups is 1. The molecule has 3 aromatic carbocycles. The van der Waals surface area contributed by atoms with Crippen molar-refractivity contribution in [1.29, 1.82) is 0 Å². The van der Waals surface area contributed by atoms with Crippen molar-refractivity contribution >= 4 is 23.1 Å². The van der Waals surface area contributed by atoms with Gasteiger partial charge in [-0.3, -0.25) is 19.7 Å². The lowest BCUT2D eigenvalue weighted by Gasteiger charge is -2.14. The van der Waals surface area contributed by atoms with E-state index in [-0.39, 0.29) is 17.0 Å². The molecule has 0 fully saturated rings. The molecular formula is C22H18N2O5. The van der Waals surface area contributed by atoms with E-state index in [4.69, 9.17) is 4.74 Å². The minimum Gasteiger partial charge on any atom is -0.483 e. The van der Waals surface area contributed by atoms with Gasteiger partial charge in [0.05, 0.1) is 4.92 Å². The van der Waals surface area contributed by atoms with Gasteiger partial charge < -0.3 is 10.1 Å². The molecule has 1 unspecified atom stereocenters. The highest BCUT2D eigenvalue weighted by Crippen LogP contribution is 2.20. The highest BCUT2D eigenvalue weighted by atomic mass is 16.6. The van der Waals surface area contributed by atoms with Gasteiger partial charge in [0.15, 0.2) is 6.10 Å². The zero-order chi connectivity index (χ0) is 20.8. The first-order chi connectivity index (χ1) is 13.9. The van der Waals surface area contributed by atoms with Crippen molar-refractivity contribution < 1.29 is 19.2 Å². The standard InChI is InChI=1S/C22H18N2O5/c1-15(21(25)16-6-3-2-4-7-16)29-20-12-10-18(11-13-20)23-22(26)17-8-5-9-19(14-17)24(27)28/h2-15H,1H3,(H,23,26). The molecule has 3 rings (SSSR count). The van der Waals surface area contributed by atoms with E-state index in [1.807, 2.05) is 6.07 Å². The number of nitrogens with one attached hydrogen (secondary N) is 1. The highest BCUT2D eigenvalue weighted by molar-refractivity contribution is 6.04. The van der Waals surface area contributed by atoms with Crippen LogP contribution in [0.1, 0.15) is 27.6 Å². The molecule has 7 heteroatoms. The number of ether oxygens (including phenoxy) is 1. The van der Waals surface area contributed by atoms with E-state index in [2.05, 4.69) is 5.32 Å². The Labute approximate surface area is 167 Å². The van der Waals surface area contributed by atoms with Gasteiger partial charge >= 0.3 is 0 Å². The molecule has 7 nitrogen and oxygen atoms in total. The zero-order valence-corrected chi connectivity index (χ0v) is 15.6. The van der Waals surface area contributed by atoms with Gasteiger partial charge in [-0.1, -0.05) is 36.4 Å². The third-order valence-electron chi connectivity index (χ3n) is 4.17. The second-order valence-electron chi connectivity index (χ2n) is 6.28. The van der Waals surface area contributed by atoms with E-state index in [0.717, 1.165) is 0 Å². The molecule has 0 aliphatic carbocycles. The third-order valence-corrected chi connectivity index (χ3v) is 4.17. The fraction of sp³-hybridized carbons (Fsp3) is 0.0909. The maximum Gasteiger partial charge on any atom is 0.270 e. The van der Waals surface area contributed by atoms with Crippen LogP contribution < -0.4 is 10.1 Å². The Kier molecular flexibility index (Phi) is 5.99. The van der Waals surface area contributed by atoms with Gasteiger partial charge in [0, 0.05) is 28.9 Å². The van der Waals surface area contributed by atoms with Crippen molar-refractivity contribution in [3.63, 3.8) is 0 Å². The molecule has 0 spiro atoms. The number of rotatable bonds is 7. The number of hydrogen-bond donors (Lipinski definition) is 1. The number of benzene rings is 3. The summed E-state index contributed by atoms with van der Waals surface area (Å²) in [4.78, 5) is 34.9. The summed E-state index contributed by atoms with van der Waals surface area (Å²) in [5.74, 6) is -0.112. The predicted molar refractivity (Wildman–Crippen MR) is 108 cm³/mol. The molecule has 0 aliphatic heterocycles. The number of Topliss-reactive ketones (excluding diaryl/α,β-unsaturated/α-hetero) is 1. The minimum atomic E-state index is -0.664. The molecule has 1 amide bonds. The van der Waals surface area contributed by atoms with Crippen LogP contribution in [0.25, 0.3) is 0 Å². The van der Waals surface area contributed by atoms with Crippen molar-refractivity contribution in [2.75, 3.05) is 5.32 Å². The Bertz CT molecular complexity index is 1030. The van der Waals surface area contributed by atoms with Crippen LogP contribution in [0.3, 0.4) is 0 Å². The van der Waals surface area contributed by atoms with Gasteiger partial charge in [-0.05, 0) is 37.3 Å². The molecule has 0 saturated carbocycles. The van der Waals surface area contributed by atoms with Gasteiger partial charge in [-0.15, -0.1) is 0 Å². The summed E-state index contributed by atoms with van der Waals surface area (Å²) >= 11 is 0. The quantitative estimate of drug-likeness (QED) is 0.364. The summed E-state index contributed by atoms with van der Waals surface area (Å²) in [5.41, 5.74) is 1.09. The van der Waals surface area contributed by atoms with E-state index >= 15 is 0 Å². The smallest absolute Gasteiger partial charge is 0.270 e. The normalized spacial score (nSPS) is 11.3. The molecule has 0 saturated heterocycles. The second-order valence-corrected chi connectivity index (χ2v) is 6.28. The van der Waals surface area contributed by atoms with Crippen LogP contribution in [0.4, 0.5) is 11.4 Å². The van der Waals surface area contributed by atoms with E-state index in [1.54, 1.807) is 55.5 Å². The first-order valence-electron chi connectivity index (χ1n) is 8.86. The van der Waals surface area contributed by atoms with Crippen LogP contribution in [0, 0.1) is 10.1 Å². The fourth-order valence-corrected chi connectivity index (χ4v) is 2.68. The molecular weight excluding hydrogens is 372 g/mol. The molecule has 0 aromatic heterocycles. The van der Waals surface area contributed by atoms with Crippen molar-refractivity contribution in [2.24, 2.45) is 0 Å². The molecule has 29 heavy (non-hydrogen) atoms. The summed E-state index contributed by atoms with van der Waals surface area (Å²) in [6.07, 6.45) is -0.664. The van der Waals surface area contributed by atoms with E-state index in [0.29, 0.717) is 17.0 Å². The fourth-order valence-electron chi connectivity index (χ4n) is 2.68. The van der Waals surface area contributed by atoms with Crippen LogP contribution in [-0.4, -0.2) is 22.7 Å². The largest absolute Gasteiger partial charge is 0.483 e. The second kappa shape index (κ2) is 8.79. The number of amides is 1. The number of hydrogen-bond acceptors (Lipinski definition) is 5. The minimum absolute atomic E-state index is 0.131. The van der Waals surface area contributed by atoms with Gasteiger partial charge in [0.1, 0.15) is 5.75 Å². The Morgan fingerprint density at radius 3 is 2.24 bits per heavy atom. The van der Waals surface area contributed by atoms with E-state index in [1.165, 1.54) is 24.3 Å². The number of carbonyl (C=O) groups is 2. The van der Waals surface area contributed by atoms with E-state index < -0.39 is 16.9 Å². The first-order valence-corrected chi connectivity index (χ1v) is 8.86. The van der Waals surface area contributed by atoms with Crippen LogP contribution in [0.15, 0.2) is 78.9 Å². The van der Waals surface area contributed by atoms with Crippen LogP contribution >= 0.6 is 0 Å². The summed E-state index contributed by atoms with van der Waals surface area (Å²) in [6.45, 7) is 1.67. The van der Waals surface area contributed by atoms with Crippen molar-refractivity contribution in [3.8, 4) is 5.75 Å². The molecule has 0 radical (unpaired) electrons. The van der Waals surface area contributed by atoms with Gasteiger partial charge in [0.25, 0.3) is 11.6 Å². The molecule has 0 aliphatic rings. The lowest BCUT2D eigenvalue weighted by Crippen LogP contribution is -2.23. The average molecular weight is 390 g/mol. The van der Waals surface area contributed by atoms with Gasteiger partial charge in [0.2, 0.25) is 5.78 Å². The highest BCUT2D eigenvalue weighted by Gasteiger charge is 2.17. The lowest BCUT2D eigenvalue weighted by atomic mass is 10.1. The number of carbonyl (C=O) groups excluding carboxylic acids is 2. The van der Waals surface area contributed by atoms with Crippen molar-refractivity contribution in [2.45, 2.75) is 13.0 Å². The van der Waals surface area contributed by atoms with Crippen LogP contribution in [0.2, 0.25) is 0 Å². The number of nitro benzene ring substituents is 1. The molecule has 3 aromatic rings. The Morgan fingerprint density at radius 1 is 0.931 bits per heavy atom. The summed E-state index contributed by atoms with van der Waals surface area (Å²) < 4.78 is 5.68. The Balaban J connectivity index is 1.63. The molecule has 0 heterocycles. The summed E-state index contributed by atoms with van der Waals surface area (Å²) in [6, 6.07) is 20.9. The van der Waals surface area contributed by atoms with Crippen molar-refractivity contribution in [3.05, 3.63) is 100 Å². The lowest BCUT2D eigenvalue weighted by molar-refractivity contribution is -0.384. The van der Waals surface area contributed by atoms with Crippen molar-refractivity contribution in [1.82, 2.24) is 0 Å². The molecule has 1 atom stereocenters. The molecule has 0 bridgehead atoms. The monoisotopic (exact) mass is 390 g/mol. The zero-order valence-electron chi connectivity index (χ0n) is 15.6. The topological polar surface area (TPSA) is 98.5 Å². The third kappa shape index (κ3) is 5.04. The number of non-ortho nitro benzene ring substituents is 1. The average Bonchev–Trinajstić information content (AvgIpc) is 2.75. The maximum absolute atomic E-state index is 12.4. The van der Waals surface area contributed by atoms with Crippen LogP contribution in [0.5, 0.6) is 5.75 Å². The molecule has 1 N–H and O–H groups in total. The van der Waals surface area contributed by atoms with Gasteiger partial charge in [-0.25, -0.2) is 0 Å². The number of anilines is 1. The predicted octanol–water partition coefficient (Wildman–Crippen LogP) is 4.50. The number of nitrogens with zero attached hydrogens (tertiary/aromatic N) is 1.